The second-order valence-corrected chi connectivity index (χ2v) is 6.87. The van der Waals surface area contributed by atoms with E-state index in [0.717, 1.165) is 58.0 Å². The average molecular weight is 396 g/mol. The van der Waals surface area contributed by atoms with E-state index in [-0.39, 0.29) is 32.3 Å². The Morgan fingerprint density at radius 1 is 0.769 bits per heavy atom. The Hall–Kier alpha value is -3.12. The topological polar surface area (TPSA) is 161 Å². The standard InChI is InChI=1S/C14H8N2O8S2/c17-13(18)7-1-3-9(15(21)22)11(5-7)25-26-12-6-8(14(19)20)2-4-10(12)16(23)24/h1-6H,(H,17,18)(H,19,20). The van der Waals surface area contributed by atoms with Crippen molar-refractivity contribution in [1.29, 1.82) is 0 Å². The number of nitrogens with zero attached hydrogens (tertiary/aromatic N) is 2. The average Bonchev–Trinajstić information content (AvgIpc) is 2.58. The van der Waals surface area contributed by atoms with Crippen LogP contribution in [0.4, 0.5) is 11.4 Å². The Morgan fingerprint density at radius 2 is 1.12 bits per heavy atom. The number of hydrogen-bond donors (Lipinski definition) is 2. The molecule has 12 heteroatoms. The molecule has 0 unspecified atom stereocenters. The van der Waals surface area contributed by atoms with Crippen LogP contribution < -0.4 is 0 Å². The van der Waals surface area contributed by atoms with Crippen LogP contribution in [-0.4, -0.2) is 32.0 Å². The second kappa shape index (κ2) is 7.84. The van der Waals surface area contributed by atoms with Crippen LogP contribution in [0.1, 0.15) is 20.7 Å². The lowest BCUT2D eigenvalue weighted by molar-refractivity contribution is -0.388. The maximum Gasteiger partial charge on any atom is 0.335 e. The van der Waals surface area contributed by atoms with Crippen molar-refractivity contribution in [1.82, 2.24) is 0 Å². The number of aromatic carboxylic acids is 2. The van der Waals surface area contributed by atoms with Crippen LogP contribution in [-0.2, 0) is 0 Å². The number of rotatable bonds is 7. The number of carboxylic acids is 2. The predicted molar refractivity (Wildman–Crippen MR) is 91.8 cm³/mol. The van der Waals surface area contributed by atoms with Gasteiger partial charge >= 0.3 is 11.9 Å². The largest absolute Gasteiger partial charge is 0.478 e. The van der Waals surface area contributed by atoms with Crippen molar-refractivity contribution in [3.05, 3.63) is 67.8 Å². The molecule has 2 N–H and O–H groups in total. The van der Waals surface area contributed by atoms with E-state index < -0.39 is 21.8 Å². The molecule has 2 aromatic carbocycles. The molecular formula is C14H8N2O8S2. The van der Waals surface area contributed by atoms with E-state index in [9.17, 15) is 29.8 Å². The monoisotopic (exact) mass is 396 g/mol. The van der Waals surface area contributed by atoms with Crippen LogP contribution in [0.25, 0.3) is 0 Å². The van der Waals surface area contributed by atoms with Crippen molar-refractivity contribution in [2.45, 2.75) is 9.79 Å². The van der Waals surface area contributed by atoms with E-state index >= 15 is 0 Å². The Morgan fingerprint density at radius 3 is 1.38 bits per heavy atom. The SMILES string of the molecule is O=C(O)c1ccc([N+](=O)[O-])c(SSc2cc(C(=O)O)ccc2[N+](=O)[O-])c1. The quantitative estimate of drug-likeness (QED) is 0.401. The van der Waals surface area contributed by atoms with E-state index in [2.05, 4.69) is 0 Å². The number of carboxylic acid groups (broad SMARTS) is 2. The van der Waals surface area contributed by atoms with Gasteiger partial charge in [0.25, 0.3) is 11.4 Å². The number of hydrogen-bond acceptors (Lipinski definition) is 8. The van der Waals surface area contributed by atoms with E-state index in [1.54, 1.807) is 0 Å². The first-order chi connectivity index (χ1) is 12.2. The lowest BCUT2D eigenvalue weighted by atomic mass is 10.2. The molecule has 0 aliphatic carbocycles. The van der Waals surface area contributed by atoms with Gasteiger partial charge in [0.05, 0.1) is 30.8 Å². The van der Waals surface area contributed by atoms with Gasteiger partial charge in [-0.25, -0.2) is 9.59 Å². The van der Waals surface area contributed by atoms with E-state index in [1.165, 1.54) is 0 Å². The molecule has 0 saturated heterocycles. The molecule has 0 heterocycles. The highest BCUT2D eigenvalue weighted by atomic mass is 33.1. The van der Waals surface area contributed by atoms with Gasteiger partial charge in [0.2, 0.25) is 0 Å². The van der Waals surface area contributed by atoms with Crippen LogP contribution in [0.2, 0.25) is 0 Å². The number of benzene rings is 2. The third kappa shape index (κ3) is 4.29. The molecule has 0 fully saturated rings. The summed E-state index contributed by atoms with van der Waals surface area (Å²) >= 11 is 0. The summed E-state index contributed by atoms with van der Waals surface area (Å²) in [5.41, 5.74) is -1.12. The summed E-state index contributed by atoms with van der Waals surface area (Å²) in [4.78, 5) is 42.7. The molecule has 2 aromatic rings. The summed E-state index contributed by atoms with van der Waals surface area (Å²) in [7, 11) is 1.45. The number of nitro benzene ring substituents is 2. The Balaban J connectivity index is 2.41. The maximum absolute atomic E-state index is 11.1. The van der Waals surface area contributed by atoms with Crippen LogP contribution in [0.5, 0.6) is 0 Å². The summed E-state index contributed by atoms with van der Waals surface area (Å²) in [6.45, 7) is 0. The van der Waals surface area contributed by atoms with Gasteiger partial charge in [-0.15, -0.1) is 0 Å². The van der Waals surface area contributed by atoms with Gasteiger partial charge in [-0.1, -0.05) is 0 Å². The van der Waals surface area contributed by atoms with Gasteiger partial charge in [0, 0.05) is 12.1 Å². The van der Waals surface area contributed by atoms with Crippen LogP contribution >= 0.6 is 21.6 Å². The van der Waals surface area contributed by atoms with E-state index in [1.807, 2.05) is 0 Å². The summed E-state index contributed by atoms with van der Waals surface area (Å²) in [5.74, 6) is -2.57. The van der Waals surface area contributed by atoms with Gasteiger partial charge in [-0.3, -0.25) is 20.2 Å². The van der Waals surface area contributed by atoms with Gasteiger partial charge in [0.1, 0.15) is 0 Å². The molecule has 0 aliphatic heterocycles. The van der Waals surface area contributed by atoms with Gasteiger partial charge in [-0.2, -0.15) is 0 Å². The third-order valence-electron chi connectivity index (χ3n) is 3.03. The molecule has 0 aliphatic rings. The zero-order valence-electron chi connectivity index (χ0n) is 12.5. The minimum absolute atomic E-state index is 0.0325. The highest BCUT2D eigenvalue weighted by molar-refractivity contribution is 8.76. The molecule has 0 aromatic heterocycles. The fraction of sp³-hybridized carbons (Fsp3) is 0. The third-order valence-corrected chi connectivity index (χ3v) is 5.45. The Labute approximate surface area is 152 Å². The van der Waals surface area contributed by atoms with E-state index in [4.69, 9.17) is 10.2 Å². The molecule has 10 nitrogen and oxygen atoms in total. The smallest absolute Gasteiger partial charge is 0.335 e. The molecule has 2 rings (SSSR count). The zero-order chi connectivity index (χ0) is 19.4. The predicted octanol–water partition coefficient (Wildman–Crippen LogP) is 3.70. The van der Waals surface area contributed by atoms with Crippen molar-refractivity contribution >= 4 is 44.9 Å². The highest BCUT2D eigenvalue weighted by Gasteiger charge is 2.21. The minimum atomic E-state index is -1.29. The first-order valence-corrected chi connectivity index (χ1v) is 8.73. The normalized spacial score (nSPS) is 10.3. The fourth-order valence-electron chi connectivity index (χ4n) is 1.82. The Kier molecular flexibility index (Phi) is 5.79. The molecule has 134 valence electrons. The lowest BCUT2D eigenvalue weighted by Crippen LogP contribution is -1.99. The molecule has 0 bridgehead atoms. The molecule has 0 spiro atoms. The van der Waals surface area contributed by atoms with Crippen molar-refractivity contribution in [2.75, 3.05) is 0 Å². The minimum Gasteiger partial charge on any atom is -0.478 e. The van der Waals surface area contributed by atoms with Gasteiger partial charge in [0.15, 0.2) is 0 Å². The first kappa shape index (κ1) is 19.2. The molecule has 0 saturated carbocycles. The van der Waals surface area contributed by atoms with Crippen LogP contribution in [0.3, 0.4) is 0 Å². The number of carbonyl (C=O) groups is 2. The van der Waals surface area contributed by atoms with Crippen molar-refractivity contribution in [3.8, 4) is 0 Å². The van der Waals surface area contributed by atoms with Crippen molar-refractivity contribution < 1.29 is 29.6 Å². The Bertz CT molecular complexity index is 856. The molecule has 26 heavy (non-hydrogen) atoms. The van der Waals surface area contributed by atoms with Crippen molar-refractivity contribution in [3.63, 3.8) is 0 Å². The number of nitro groups is 2. The fourth-order valence-corrected chi connectivity index (χ4v) is 4.14. The van der Waals surface area contributed by atoms with E-state index in [0.29, 0.717) is 0 Å². The summed E-state index contributed by atoms with van der Waals surface area (Å²) < 4.78 is 0. The van der Waals surface area contributed by atoms with Crippen molar-refractivity contribution in [2.24, 2.45) is 0 Å². The first-order valence-electron chi connectivity index (χ1n) is 6.58. The van der Waals surface area contributed by atoms with Crippen LogP contribution in [0.15, 0.2) is 46.2 Å². The summed E-state index contributed by atoms with van der Waals surface area (Å²) in [5, 5.41) is 40.2. The molecule has 0 amide bonds. The lowest BCUT2D eigenvalue weighted by Gasteiger charge is -2.05. The second-order valence-electron chi connectivity index (χ2n) is 4.66. The summed E-state index contributed by atoms with van der Waals surface area (Å²) in [6.07, 6.45) is 0. The zero-order valence-corrected chi connectivity index (χ0v) is 14.2. The molecular weight excluding hydrogens is 388 g/mol. The summed E-state index contributed by atoms with van der Waals surface area (Å²) in [6, 6.07) is 6.34. The van der Waals surface area contributed by atoms with Gasteiger partial charge in [-0.05, 0) is 45.9 Å². The van der Waals surface area contributed by atoms with Crippen LogP contribution in [0, 0.1) is 20.2 Å². The van der Waals surface area contributed by atoms with Gasteiger partial charge < -0.3 is 10.2 Å². The maximum atomic E-state index is 11.1. The highest BCUT2D eigenvalue weighted by Crippen LogP contribution is 2.45. The molecule has 0 radical (unpaired) electrons. The molecule has 0 atom stereocenters.